The second kappa shape index (κ2) is 7.56. The minimum Gasteiger partial charge on any atom is -0.342 e. The number of fused-ring (bicyclic) bond motifs is 3. The molecule has 0 aromatic carbocycles. The predicted molar refractivity (Wildman–Crippen MR) is 114 cm³/mol. The molecule has 5 rings (SSSR count). The summed E-state index contributed by atoms with van der Waals surface area (Å²) in [5.74, 6) is 1.27. The van der Waals surface area contributed by atoms with Gasteiger partial charge in [0, 0.05) is 49.9 Å². The zero-order valence-corrected chi connectivity index (χ0v) is 17.9. The fourth-order valence-electron chi connectivity index (χ4n) is 5.36. The van der Waals surface area contributed by atoms with Gasteiger partial charge in [-0.1, -0.05) is 6.92 Å². The van der Waals surface area contributed by atoms with Crippen LogP contribution in [0.5, 0.6) is 0 Å². The van der Waals surface area contributed by atoms with E-state index < -0.39 is 0 Å². The average molecular weight is 411 g/mol. The van der Waals surface area contributed by atoms with Crippen molar-refractivity contribution in [3.63, 3.8) is 0 Å². The van der Waals surface area contributed by atoms with Crippen molar-refractivity contribution in [3.05, 3.63) is 39.1 Å². The summed E-state index contributed by atoms with van der Waals surface area (Å²) < 4.78 is 1.91. The maximum absolute atomic E-state index is 13.3. The average Bonchev–Trinajstić information content (AvgIpc) is 3.48. The number of anilines is 1. The van der Waals surface area contributed by atoms with Gasteiger partial charge in [0.2, 0.25) is 5.95 Å². The van der Waals surface area contributed by atoms with E-state index in [2.05, 4.69) is 21.9 Å². The van der Waals surface area contributed by atoms with Crippen LogP contribution >= 0.6 is 0 Å². The number of aromatic nitrogens is 4. The number of aromatic amines is 1. The summed E-state index contributed by atoms with van der Waals surface area (Å²) in [6, 6.07) is 0. The molecule has 2 fully saturated rings. The first-order valence-electron chi connectivity index (χ1n) is 11.3. The van der Waals surface area contributed by atoms with Crippen LogP contribution in [0.4, 0.5) is 5.95 Å². The molecule has 8 nitrogen and oxygen atoms in total. The van der Waals surface area contributed by atoms with E-state index in [0.29, 0.717) is 24.0 Å². The Morgan fingerprint density at radius 2 is 2.07 bits per heavy atom. The maximum atomic E-state index is 13.3. The number of nitrogens with one attached hydrogen (secondary N) is 1. The fourth-order valence-corrected chi connectivity index (χ4v) is 5.36. The molecule has 8 heteroatoms. The first kappa shape index (κ1) is 19.3. The number of likely N-dealkylation sites (tertiary alicyclic amines) is 1. The molecule has 0 unspecified atom stereocenters. The summed E-state index contributed by atoms with van der Waals surface area (Å²) in [4.78, 5) is 38.1. The van der Waals surface area contributed by atoms with Gasteiger partial charge in [0.1, 0.15) is 0 Å². The number of aryl methyl sites for hydroxylation is 1. The van der Waals surface area contributed by atoms with Crippen LogP contribution in [0.25, 0.3) is 0 Å². The minimum absolute atomic E-state index is 0.00168. The zero-order chi connectivity index (χ0) is 20.8. The lowest BCUT2D eigenvalue weighted by Crippen LogP contribution is -2.32. The number of hydrogen-bond donors (Lipinski definition) is 1. The Morgan fingerprint density at radius 1 is 1.27 bits per heavy atom. The van der Waals surface area contributed by atoms with E-state index in [0.717, 1.165) is 75.2 Å². The Balaban J connectivity index is 1.41. The molecule has 2 saturated heterocycles. The van der Waals surface area contributed by atoms with Crippen LogP contribution < -0.4 is 10.5 Å². The largest absolute Gasteiger partial charge is 0.342 e. The summed E-state index contributed by atoms with van der Waals surface area (Å²) >= 11 is 0. The molecule has 0 bridgehead atoms. The fraction of sp³-hybridized carbons (Fsp3) is 0.636. The molecule has 0 saturated carbocycles. The standard InChI is InChI=1S/C22H30N6O2/c1-3-8-28-14(2)17(11-23-28)21(30)27-12-15-6-7-16-19(18(15)13-27)24-22(25-20(16)29)26-9-4-5-10-26/h11,15,18H,3-10,12-13H2,1-2H3,(H,24,25,29)/t15-,18+/m1/s1. The van der Waals surface area contributed by atoms with Gasteiger partial charge in [-0.05, 0) is 44.9 Å². The highest BCUT2D eigenvalue weighted by atomic mass is 16.2. The van der Waals surface area contributed by atoms with Gasteiger partial charge in [-0.25, -0.2) is 4.98 Å². The van der Waals surface area contributed by atoms with Crippen molar-refractivity contribution in [2.45, 2.75) is 58.4 Å². The molecule has 2 aromatic rings. The minimum atomic E-state index is 0.00168. The van der Waals surface area contributed by atoms with Crippen LogP contribution in [-0.4, -0.2) is 56.7 Å². The Labute approximate surface area is 176 Å². The maximum Gasteiger partial charge on any atom is 0.257 e. The van der Waals surface area contributed by atoms with E-state index >= 15 is 0 Å². The molecule has 0 radical (unpaired) electrons. The first-order valence-corrected chi connectivity index (χ1v) is 11.3. The van der Waals surface area contributed by atoms with E-state index in [9.17, 15) is 9.59 Å². The topological polar surface area (TPSA) is 87.1 Å². The Kier molecular flexibility index (Phi) is 4.87. The van der Waals surface area contributed by atoms with Gasteiger partial charge in [-0.15, -0.1) is 0 Å². The summed E-state index contributed by atoms with van der Waals surface area (Å²) in [6.07, 6.45) is 6.65. The van der Waals surface area contributed by atoms with Crippen LogP contribution in [0.1, 0.15) is 65.8 Å². The number of amides is 1. The van der Waals surface area contributed by atoms with E-state index in [1.54, 1.807) is 6.20 Å². The molecule has 2 aliphatic heterocycles. The molecular formula is C22H30N6O2. The Morgan fingerprint density at radius 3 is 2.83 bits per heavy atom. The zero-order valence-electron chi connectivity index (χ0n) is 17.9. The third kappa shape index (κ3) is 3.13. The summed E-state index contributed by atoms with van der Waals surface area (Å²) in [7, 11) is 0. The van der Waals surface area contributed by atoms with Gasteiger partial charge in [0.15, 0.2) is 0 Å². The van der Waals surface area contributed by atoms with Crippen LogP contribution in [-0.2, 0) is 13.0 Å². The predicted octanol–water partition coefficient (Wildman–Crippen LogP) is 2.09. The molecule has 2 atom stereocenters. The quantitative estimate of drug-likeness (QED) is 0.834. The first-order chi connectivity index (χ1) is 14.6. The molecule has 30 heavy (non-hydrogen) atoms. The van der Waals surface area contributed by atoms with E-state index in [1.807, 2.05) is 16.5 Å². The van der Waals surface area contributed by atoms with Gasteiger partial charge in [0.05, 0.1) is 17.5 Å². The molecule has 3 aliphatic rings. The molecular weight excluding hydrogens is 380 g/mol. The SMILES string of the molecule is CCCn1ncc(C(=O)N2C[C@H]3CCc4c(nc(N5CCCC5)[nH]c4=O)[C@H]3C2)c1C. The number of carbonyl (C=O) groups excluding carboxylic acids is 1. The molecule has 4 heterocycles. The highest BCUT2D eigenvalue weighted by Crippen LogP contribution is 2.40. The van der Waals surface area contributed by atoms with Crippen molar-refractivity contribution in [1.82, 2.24) is 24.6 Å². The second-order valence-corrected chi connectivity index (χ2v) is 8.93. The molecule has 1 N–H and O–H groups in total. The normalized spacial score (nSPS) is 23.0. The van der Waals surface area contributed by atoms with Crippen molar-refractivity contribution >= 4 is 11.9 Å². The van der Waals surface area contributed by atoms with Crippen LogP contribution in [0.15, 0.2) is 11.0 Å². The highest BCUT2D eigenvalue weighted by Gasteiger charge is 2.42. The van der Waals surface area contributed by atoms with Gasteiger partial charge in [-0.2, -0.15) is 5.10 Å². The summed E-state index contributed by atoms with van der Waals surface area (Å²) in [6.45, 7) is 8.15. The molecule has 2 aromatic heterocycles. The third-order valence-electron chi connectivity index (χ3n) is 7.05. The van der Waals surface area contributed by atoms with Crippen molar-refractivity contribution in [2.75, 3.05) is 31.1 Å². The van der Waals surface area contributed by atoms with Crippen molar-refractivity contribution < 1.29 is 4.79 Å². The molecule has 160 valence electrons. The Bertz CT molecular complexity index is 1020. The van der Waals surface area contributed by atoms with Crippen molar-refractivity contribution in [1.29, 1.82) is 0 Å². The van der Waals surface area contributed by atoms with Crippen LogP contribution in [0.3, 0.4) is 0 Å². The highest BCUT2D eigenvalue weighted by molar-refractivity contribution is 5.95. The van der Waals surface area contributed by atoms with E-state index in [4.69, 9.17) is 4.98 Å². The van der Waals surface area contributed by atoms with Gasteiger partial charge < -0.3 is 9.80 Å². The van der Waals surface area contributed by atoms with E-state index in [-0.39, 0.29) is 17.4 Å². The number of rotatable bonds is 4. The lowest BCUT2D eigenvalue weighted by atomic mass is 9.80. The van der Waals surface area contributed by atoms with Crippen LogP contribution in [0, 0.1) is 12.8 Å². The molecule has 0 spiro atoms. The number of nitrogens with zero attached hydrogens (tertiary/aromatic N) is 5. The summed E-state index contributed by atoms with van der Waals surface area (Å²) in [5.41, 5.74) is 3.37. The molecule has 1 amide bonds. The number of hydrogen-bond acceptors (Lipinski definition) is 5. The van der Waals surface area contributed by atoms with Gasteiger partial charge in [0.25, 0.3) is 11.5 Å². The van der Waals surface area contributed by atoms with Crippen molar-refractivity contribution in [3.8, 4) is 0 Å². The monoisotopic (exact) mass is 410 g/mol. The number of carbonyl (C=O) groups is 1. The van der Waals surface area contributed by atoms with E-state index in [1.165, 1.54) is 0 Å². The second-order valence-electron chi connectivity index (χ2n) is 8.93. The van der Waals surface area contributed by atoms with Crippen molar-refractivity contribution in [2.24, 2.45) is 5.92 Å². The smallest absolute Gasteiger partial charge is 0.257 e. The lowest BCUT2D eigenvalue weighted by molar-refractivity contribution is 0.0785. The number of H-pyrrole nitrogens is 1. The van der Waals surface area contributed by atoms with Crippen LogP contribution in [0.2, 0.25) is 0 Å². The van der Waals surface area contributed by atoms with Gasteiger partial charge in [-0.3, -0.25) is 19.3 Å². The van der Waals surface area contributed by atoms with Gasteiger partial charge >= 0.3 is 0 Å². The Hall–Kier alpha value is -2.64. The summed E-state index contributed by atoms with van der Waals surface area (Å²) in [5, 5.41) is 4.40. The third-order valence-corrected chi connectivity index (χ3v) is 7.05. The lowest BCUT2D eigenvalue weighted by Gasteiger charge is -2.27. The molecule has 1 aliphatic carbocycles.